The maximum Gasteiger partial charge on any atom is 0.284 e. The zero-order chi connectivity index (χ0) is 15.7. The Hall–Kier alpha value is -1.99. The highest BCUT2D eigenvalue weighted by Crippen LogP contribution is 2.23. The smallest absolute Gasteiger partial charge is 0.284 e. The van der Waals surface area contributed by atoms with Gasteiger partial charge in [-0.15, -0.1) is 5.10 Å². The molecule has 6 nitrogen and oxygen atoms in total. The Kier molecular flexibility index (Phi) is 4.08. The Balaban J connectivity index is 1.73. The van der Waals surface area contributed by atoms with Crippen LogP contribution in [0.1, 0.15) is 23.7 Å². The van der Waals surface area contributed by atoms with Crippen LogP contribution >= 0.6 is 12.2 Å². The van der Waals surface area contributed by atoms with Crippen molar-refractivity contribution < 1.29 is 14.3 Å². The number of amides is 1. The average molecular weight is 319 g/mol. The second kappa shape index (κ2) is 6.02. The van der Waals surface area contributed by atoms with Crippen molar-refractivity contribution in [1.82, 2.24) is 15.1 Å². The third-order valence-electron chi connectivity index (χ3n) is 4.01. The molecule has 116 valence electrons. The number of nitrogens with zero attached hydrogens (tertiary/aromatic N) is 2. The van der Waals surface area contributed by atoms with Crippen molar-refractivity contribution in [1.29, 1.82) is 0 Å². The minimum Gasteiger partial charge on any atom is -0.409 e. The van der Waals surface area contributed by atoms with Crippen LogP contribution in [0.2, 0.25) is 0 Å². The van der Waals surface area contributed by atoms with Crippen LogP contribution in [-0.2, 0) is 0 Å². The topological polar surface area (TPSA) is 82.4 Å². The maximum atomic E-state index is 12.4. The number of H-pyrrole nitrogens is 1. The summed E-state index contributed by atoms with van der Waals surface area (Å²) in [5.74, 6) is 0.550. The molecule has 2 aromatic rings. The summed E-state index contributed by atoms with van der Waals surface area (Å²) in [6.07, 6.45) is 0.462. The monoisotopic (exact) mass is 319 g/mol. The van der Waals surface area contributed by atoms with Crippen LogP contribution in [0, 0.1) is 10.8 Å². The van der Waals surface area contributed by atoms with Crippen LogP contribution in [0.4, 0.5) is 0 Å². The van der Waals surface area contributed by atoms with E-state index >= 15 is 0 Å². The van der Waals surface area contributed by atoms with Crippen molar-refractivity contribution in [3.05, 3.63) is 34.7 Å². The Morgan fingerprint density at radius 2 is 2.23 bits per heavy atom. The summed E-state index contributed by atoms with van der Waals surface area (Å²) in [4.78, 5) is 14.5. The maximum absolute atomic E-state index is 12.4. The molecule has 1 aromatic carbocycles. The first-order chi connectivity index (χ1) is 10.5. The summed E-state index contributed by atoms with van der Waals surface area (Å²) in [6.45, 7) is 3.06. The number of benzene rings is 1. The van der Waals surface area contributed by atoms with E-state index in [4.69, 9.17) is 16.6 Å². The van der Waals surface area contributed by atoms with Gasteiger partial charge in [0.05, 0.1) is 6.10 Å². The van der Waals surface area contributed by atoms with Gasteiger partial charge >= 0.3 is 0 Å². The lowest BCUT2D eigenvalue weighted by Crippen LogP contribution is -2.30. The Morgan fingerprint density at radius 3 is 2.77 bits per heavy atom. The van der Waals surface area contributed by atoms with E-state index < -0.39 is 0 Å². The number of hydrogen-bond donors (Lipinski definition) is 2. The molecular formula is C15H17N3O3S. The van der Waals surface area contributed by atoms with E-state index in [-0.39, 0.29) is 22.8 Å². The van der Waals surface area contributed by atoms with Crippen molar-refractivity contribution in [2.24, 2.45) is 5.92 Å². The molecule has 0 bridgehead atoms. The second-order valence-electron chi connectivity index (χ2n) is 5.54. The number of carbonyl (C=O) groups is 1. The highest BCUT2D eigenvalue weighted by Gasteiger charge is 2.29. The lowest BCUT2D eigenvalue weighted by atomic mass is 10.0. The largest absolute Gasteiger partial charge is 0.409 e. The van der Waals surface area contributed by atoms with Gasteiger partial charge in [0, 0.05) is 30.1 Å². The van der Waals surface area contributed by atoms with Gasteiger partial charge in [0.25, 0.3) is 10.7 Å². The molecule has 1 aromatic heterocycles. The number of aliphatic hydroxyl groups is 1. The van der Waals surface area contributed by atoms with Gasteiger partial charge in [0.1, 0.15) is 0 Å². The van der Waals surface area contributed by atoms with Gasteiger partial charge in [-0.05, 0) is 49.8 Å². The lowest BCUT2D eigenvalue weighted by Gasteiger charge is -2.17. The molecule has 7 heteroatoms. The lowest BCUT2D eigenvalue weighted by molar-refractivity contribution is 0.0762. The second-order valence-corrected chi connectivity index (χ2v) is 5.91. The van der Waals surface area contributed by atoms with Gasteiger partial charge in [0.15, 0.2) is 0 Å². The first kappa shape index (κ1) is 14.9. The summed E-state index contributed by atoms with van der Waals surface area (Å²) in [5, 5.41) is 16.1. The minimum absolute atomic E-state index is 0.0161. The standard InChI is InChI=1S/C15H17N3O3S/c1-9(19)12-6-7-18(8-12)14(20)11-4-2-10(3-5-11)13-16-17-15(22)21-13/h2-5,9,12,19H,6-8H2,1H3,(H,17,22)/t9-,12+/m1/s1. The van der Waals surface area contributed by atoms with E-state index in [0.29, 0.717) is 24.5 Å². The van der Waals surface area contributed by atoms with E-state index in [1.807, 2.05) is 0 Å². The highest BCUT2D eigenvalue weighted by atomic mass is 32.1. The first-order valence-corrected chi connectivity index (χ1v) is 7.58. The molecule has 0 unspecified atom stereocenters. The van der Waals surface area contributed by atoms with Crippen LogP contribution in [-0.4, -0.2) is 45.3 Å². The Bertz CT molecular complexity index is 720. The quantitative estimate of drug-likeness (QED) is 0.848. The highest BCUT2D eigenvalue weighted by molar-refractivity contribution is 7.71. The first-order valence-electron chi connectivity index (χ1n) is 7.18. The molecule has 1 aliphatic rings. The van der Waals surface area contributed by atoms with Crippen LogP contribution in [0.3, 0.4) is 0 Å². The van der Waals surface area contributed by atoms with E-state index in [1.54, 1.807) is 36.1 Å². The molecule has 0 aliphatic carbocycles. The van der Waals surface area contributed by atoms with Gasteiger partial charge in [-0.25, -0.2) is 5.10 Å². The van der Waals surface area contributed by atoms with Gasteiger partial charge < -0.3 is 14.4 Å². The van der Waals surface area contributed by atoms with E-state index in [2.05, 4.69) is 10.2 Å². The summed E-state index contributed by atoms with van der Waals surface area (Å²) in [5.41, 5.74) is 1.37. The number of aromatic nitrogens is 2. The zero-order valence-corrected chi connectivity index (χ0v) is 13.0. The number of rotatable bonds is 3. The molecule has 2 atom stereocenters. The number of nitrogens with one attached hydrogen (secondary N) is 1. The predicted molar refractivity (Wildman–Crippen MR) is 82.8 cm³/mol. The molecule has 0 radical (unpaired) electrons. The fraction of sp³-hybridized carbons (Fsp3) is 0.400. The number of likely N-dealkylation sites (tertiary alicyclic amines) is 1. The van der Waals surface area contributed by atoms with Crippen LogP contribution in [0.5, 0.6) is 0 Å². The van der Waals surface area contributed by atoms with E-state index in [9.17, 15) is 9.90 Å². The summed E-state index contributed by atoms with van der Waals surface area (Å²) < 4.78 is 5.24. The molecule has 0 saturated carbocycles. The van der Waals surface area contributed by atoms with Gasteiger partial charge in [-0.1, -0.05) is 0 Å². The third-order valence-corrected chi connectivity index (χ3v) is 4.19. The van der Waals surface area contributed by atoms with Crippen LogP contribution in [0.15, 0.2) is 28.7 Å². The van der Waals surface area contributed by atoms with Crippen molar-refractivity contribution in [3.8, 4) is 11.5 Å². The third kappa shape index (κ3) is 2.95. The summed E-state index contributed by atoms with van der Waals surface area (Å²) in [7, 11) is 0. The van der Waals surface area contributed by atoms with Crippen molar-refractivity contribution in [2.75, 3.05) is 13.1 Å². The fourth-order valence-corrected chi connectivity index (χ4v) is 2.78. The molecule has 1 aliphatic heterocycles. The average Bonchev–Trinajstić information content (AvgIpc) is 3.16. The van der Waals surface area contributed by atoms with Crippen molar-refractivity contribution >= 4 is 18.1 Å². The number of aromatic amines is 1. The molecular weight excluding hydrogens is 302 g/mol. The number of carbonyl (C=O) groups excluding carboxylic acids is 1. The summed E-state index contributed by atoms with van der Waals surface area (Å²) in [6, 6.07) is 7.06. The number of aliphatic hydroxyl groups excluding tert-OH is 1. The molecule has 1 saturated heterocycles. The molecule has 1 fully saturated rings. The van der Waals surface area contributed by atoms with Gasteiger partial charge in [-0.2, -0.15) is 0 Å². The SMILES string of the molecule is C[C@@H](O)[C@H]1CCN(C(=O)c2ccc(-c3n[nH]c(=S)o3)cc2)C1. The fourth-order valence-electron chi connectivity index (χ4n) is 2.66. The Morgan fingerprint density at radius 1 is 1.50 bits per heavy atom. The van der Waals surface area contributed by atoms with Crippen LogP contribution in [0.25, 0.3) is 11.5 Å². The molecule has 2 N–H and O–H groups in total. The normalized spacial score (nSPS) is 19.4. The zero-order valence-electron chi connectivity index (χ0n) is 12.2. The summed E-state index contributed by atoms with van der Waals surface area (Å²) >= 11 is 4.84. The van der Waals surface area contributed by atoms with E-state index in [1.165, 1.54) is 0 Å². The molecule has 0 spiro atoms. The molecule has 1 amide bonds. The number of hydrogen-bond acceptors (Lipinski definition) is 5. The van der Waals surface area contributed by atoms with Gasteiger partial charge in [-0.3, -0.25) is 4.79 Å². The van der Waals surface area contributed by atoms with Crippen molar-refractivity contribution in [2.45, 2.75) is 19.4 Å². The van der Waals surface area contributed by atoms with Gasteiger partial charge in [0.2, 0.25) is 5.89 Å². The van der Waals surface area contributed by atoms with Crippen LogP contribution < -0.4 is 0 Å². The molecule has 3 rings (SSSR count). The van der Waals surface area contributed by atoms with Crippen molar-refractivity contribution in [3.63, 3.8) is 0 Å². The van der Waals surface area contributed by atoms with E-state index in [0.717, 1.165) is 12.0 Å². The minimum atomic E-state index is -0.381. The Labute approximate surface area is 132 Å². The molecule has 22 heavy (non-hydrogen) atoms. The molecule has 2 heterocycles. The predicted octanol–water partition coefficient (Wildman–Crippen LogP) is 2.24.